The summed E-state index contributed by atoms with van der Waals surface area (Å²) in [5, 5.41) is 9.74. The third-order valence-corrected chi connectivity index (χ3v) is 0.969. The summed E-state index contributed by atoms with van der Waals surface area (Å²) in [6.45, 7) is 0. The zero-order valence-corrected chi connectivity index (χ0v) is 5.79. The molecule has 44 valence electrons. The molecule has 0 fully saturated rings. The molecule has 0 amide bonds. The average molecular weight is 124 g/mol. The van der Waals surface area contributed by atoms with Gasteiger partial charge in [0, 0.05) is 5.56 Å². The third kappa shape index (κ3) is 2.64. The van der Waals surface area contributed by atoms with E-state index < -0.39 is 0 Å². The molecule has 0 saturated carbocycles. The predicted octanol–water partition coefficient (Wildman–Crippen LogP) is -2.64. The van der Waals surface area contributed by atoms with Gasteiger partial charge in [-0.3, -0.25) is 0 Å². The SMILES string of the molecule is [Li+].[O-]C#Cc1ccccc1. The van der Waals surface area contributed by atoms with E-state index in [4.69, 9.17) is 0 Å². The van der Waals surface area contributed by atoms with Gasteiger partial charge in [-0.2, -0.15) is 6.11 Å². The zero-order valence-electron chi connectivity index (χ0n) is 5.79. The molecule has 0 aliphatic carbocycles. The Balaban J connectivity index is 0.000000810. The smallest absolute Gasteiger partial charge is 0.833 e. The molecule has 0 radical (unpaired) electrons. The van der Waals surface area contributed by atoms with Crippen LogP contribution in [0.4, 0.5) is 0 Å². The van der Waals surface area contributed by atoms with Crippen LogP contribution in [0, 0.1) is 12.0 Å². The fourth-order valence-electron chi connectivity index (χ4n) is 0.580. The summed E-state index contributed by atoms with van der Waals surface area (Å²) in [4.78, 5) is 0. The first-order valence-corrected chi connectivity index (χ1v) is 2.61. The Hall–Kier alpha value is -0.823. The molecule has 2 heteroatoms. The predicted molar refractivity (Wildman–Crippen MR) is 33.3 cm³/mol. The normalized spacial score (nSPS) is 6.80. The van der Waals surface area contributed by atoms with Crippen LogP contribution in [0.15, 0.2) is 30.3 Å². The topological polar surface area (TPSA) is 23.1 Å². The largest absolute Gasteiger partial charge is 1.00 e. The molecule has 0 bridgehead atoms. The van der Waals surface area contributed by atoms with Crippen molar-refractivity contribution in [3.8, 4) is 12.0 Å². The maximum absolute atomic E-state index is 9.74. The van der Waals surface area contributed by atoms with Gasteiger partial charge in [0.25, 0.3) is 0 Å². The molecule has 0 atom stereocenters. The van der Waals surface area contributed by atoms with Gasteiger partial charge in [0.15, 0.2) is 0 Å². The molecule has 0 N–H and O–H groups in total. The summed E-state index contributed by atoms with van der Waals surface area (Å²) in [7, 11) is 0. The van der Waals surface area contributed by atoms with Crippen molar-refractivity contribution in [3.63, 3.8) is 0 Å². The van der Waals surface area contributed by atoms with Gasteiger partial charge in [-0.1, -0.05) is 24.1 Å². The number of hydrogen-bond donors (Lipinski definition) is 0. The van der Waals surface area contributed by atoms with Crippen LogP contribution in [0.3, 0.4) is 0 Å². The molecule has 1 aromatic rings. The summed E-state index contributed by atoms with van der Waals surface area (Å²) in [5.74, 6) is 2.40. The second-order valence-corrected chi connectivity index (χ2v) is 1.59. The first-order chi connectivity index (χ1) is 4.43. The van der Waals surface area contributed by atoms with Crippen LogP contribution in [-0.2, 0) is 0 Å². The van der Waals surface area contributed by atoms with E-state index in [1.165, 1.54) is 0 Å². The van der Waals surface area contributed by atoms with E-state index in [1.54, 1.807) is 18.2 Å². The Kier molecular flexibility index (Phi) is 4.59. The van der Waals surface area contributed by atoms with E-state index in [0.717, 1.165) is 5.56 Å². The first kappa shape index (κ1) is 9.18. The van der Waals surface area contributed by atoms with Crippen molar-refractivity contribution in [2.45, 2.75) is 0 Å². The van der Waals surface area contributed by atoms with E-state index in [9.17, 15) is 5.11 Å². The number of rotatable bonds is 0. The quantitative estimate of drug-likeness (QED) is 0.274. The molecule has 0 heterocycles. The van der Waals surface area contributed by atoms with Crippen molar-refractivity contribution in [1.82, 2.24) is 0 Å². The van der Waals surface area contributed by atoms with Crippen LogP contribution in [0.25, 0.3) is 0 Å². The standard InChI is InChI=1S/C8H6O.Li/c9-7-6-8-4-2-1-3-5-8;/h1-5,9H;/q;+1/p-1. The van der Waals surface area contributed by atoms with Crippen LogP contribution >= 0.6 is 0 Å². The molecule has 1 rings (SSSR count). The minimum absolute atomic E-state index is 0. The van der Waals surface area contributed by atoms with E-state index in [0.29, 0.717) is 0 Å². The van der Waals surface area contributed by atoms with Crippen LogP contribution < -0.4 is 24.0 Å². The molecule has 1 aromatic carbocycles. The average Bonchev–Trinajstić information content (AvgIpc) is 1.91. The molecule has 10 heavy (non-hydrogen) atoms. The van der Waals surface area contributed by atoms with Crippen molar-refractivity contribution < 1.29 is 24.0 Å². The van der Waals surface area contributed by atoms with Crippen LogP contribution in [0.5, 0.6) is 0 Å². The van der Waals surface area contributed by atoms with Crippen LogP contribution in [-0.4, -0.2) is 0 Å². The van der Waals surface area contributed by atoms with Gasteiger partial charge >= 0.3 is 18.9 Å². The summed E-state index contributed by atoms with van der Waals surface area (Å²) in [5.41, 5.74) is 0.771. The maximum Gasteiger partial charge on any atom is 1.00 e. The summed E-state index contributed by atoms with van der Waals surface area (Å²) >= 11 is 0. The Morgan fingerprint density at radius 2 is 1.70 bits per heavy atom. The van der Waals surface area contributed by atoms with Crippen molar-refractivity contribution in [3.05, 3.63) is 35.9 Å². The van der Waals surface area contributed by atoms with Crippen molar-refractivity contribution >= 4 is 0 Å². The first-order valence-electron chi connectivity index (χ1n) is 2.61. The molecule has 0 aliphatic heterocycles. The monoisotopic (exact) mass is 124 g/mol. The van der Waals surface area contributed by atoms with Gasteiger partial charge in [-0.25, -0.2) is 0 Å². The van der Waals surface area contributed by atoms with Gasteiger partial charge in [-0.15, -0.1) is 0 Å². The van der Waals surface area contributed by atoms with Gasteiger partial charge in [0.2, 0.25) is 0 Å². The summed E-state index contributed by atoms with van der Waals surface area (Å²) in [6, 6.07) is 9.17. The molecule has 0 spiro atoms. The summed E-state index contributed by atoms with van der Waals surface area (Å²) in [6.07, 6.45) is 1.58. The van der Waals surface area contributed by atoms with E-state index in [-0.39, 0.29) is 18.9 Å². The molecule has 0 aliphatic rings. The van der Waals surface area contributed by atoms with E-state index >= 15 is 0 Å². The molecule has 1 nitrogen and oxygen atoms in total. The second kappa shape index (κ2) is 5.00. The summed E-state index contributed by atoms with van der Waals surface area (Å²) < 4.78 is 0. The Morgan fingerprint density at radius 1 is 1.10 bits per heavy atom. The van der Waals surface area contributed by atoms with Gasteiger partial charge in [0.1, 0.15) is 0 Å². The molecular weight excluding hydrogens is 119 g/mol. The van der Waals surface area contributed by atoms with Crippen molar-refractivity contribution in [2.24, 2.45) is 0 Å². The second-order valence-electron chi connectivity index (χ2n) is 1.59. The molecule has 0 saturated heterocycles. The fourth-order valence-corrected chi connectivity index (χ4v) is 0.580. The molecular formula is C8H5LiO. The van der Waals surface area contributed by atoms with Crippen LogP contribution in [0.2, 0.25) is 0 Å². The number of benzene rings is 1. The van der Waals surface area contributed by atoms with Crippen molar-refractivity contribution in [1.29, 1.82) is 0 Å². The minimum Gasteiger partial charge on any atom is -0.833 e. The zero-order chi connectivity index (χ0) is 6.53. The Bertz CT molecular complexity index is 232. The van der Waals surface area contributed by atoms with E-state index in [2.05, 4.69) is 5.92 Å². The van der Waals surface area contributed by atoms with Gasteiger partial charge < -0.3 is 5.11 Å². The Labute approximate surface area is 72.3 Å². The maximum atomic E-state index is 9.74. The third-order valence-electron chi connectivity index (χ3n) is 0.969. The molecule has 0 unspecified atom stereocenters. The van der Waals surface area contributed by atoms with E-state index in [1.807, 2.05) is 18.2 Å². The fraction of sp³-hybridized carbons (Fsp3) is 0. The molecule has 0 aromatic heterocycles. The number of hydrogen-bond acceptors (Lipinski definition) is 1. The van der Waals surface area contributed by atoms with Gasteiger partial charge in [0.05, 0.1) is 0 Å². The Morgan fingerprint density at radius 3 is 2.20 bits per heavy atom. The van der Waals surface area contributed by atoms with Crippen LogP contribution in [0.1, 0.15) is 5.56 Å². The van der Waals surface area contributed by atoms with Gasteiger partial charge in [-0.05, 0) is 12.1 Å². The van der Waals surface area contributed by atoms with Crippen molar-refractivity contribution in [2.75, 3.05) is 0 Å². The minimum atomic E-state index is 0.